The number of nitrogens with one attached hydrogen (secondary N) is 3. The van der Waals surface area contributed by atoms with Crippen molar-refractivity contribution < 1.29 is 28.7 Å². The lowest BCUT2D eigenvalue weighted by atomic mass is 9.93. The van der Waals surface area contributed by atoms with Crippen LogP contribution in [0.25, 0.3) is 0 Å². The quantitative estimate of drug-likeness (QED) is 0.138. The van der Waals surface area contributed by atoms with Gasteiger partial charge in [0.1, 0.15) is 11.0 Å². The number of likely N-dealkylation sites (N-methyl/N-ethyl adjacent to an activating group) is 2. The van der Waals surface area contributed by atoms with Crippen LogP contribution in [-0.4, -0.2) is 159 Å². The van der Waals surface area contributed by atoms with E-state index in [2.05, 4.69) is 30.7 Å². The Kier molecular flexibility index (Phi) is 20.5. The molecule has 2 aliphatic rings. The van der Waals surface area contributed by atoms with E-state index in [4.69, 9.17) is 9.47 Å². The summed E-state index contributed by atoms with van der Waals surface area (Å²) in [6.07, 6.45) is 4.50. The van der Waals surface area contributed by atoms with Gasteiger partial charge in [0.2, 0.25) is 23.6 Å². The number of likely N-dealkylation sites (tertiary alicyclic amines) is 1. The first kappa shape index (κ1) is 50.9. The molecule has 0 spiro atoms. The highest BCUT2D eigenvalue weighted by molar-refractivity contribution is 7.09. The average molecular weight is 881 g/mol. The number of aromatic nitrogens is 1. The minimum atomic E-state index is -0.795. The normalized spacial score (nSPS) is 19.8. The van der Waals surface area contributed by atoms with E-state index in [1.165, 1.54) is 11.3 Å². The van der Waals surface area contributed by atoms with Crippen LogP contribution in [0.15, 0.2) is 53.6 Å². The van der Waals surface area contributed by atoms with E-state index in [1.54, 1.807) is 32.4 Å². The third kappa shape index (κ3) is 13.6. The summed E-state index contributed by atoms with van der Waals surface area (Å²) in [6, 6.07) is 7.58. The molecule has 62 heavy (non-hydrogen) atoms. The maximum absolute atomic E-state index is 14.6. The smallest absolute Gasteiger partial charge is 0.245 e. The molecule has 14 nitrogen and oxygen atoms in total. The van der Waals surface area contributed by atoms with E-state index < -0.39 is 36.3 Å². The molecule has 1 aromatic heterocycles. The van der Waals surface area contributed by atoms with Crippen molar-refractivity contribution in [3.05, 3.63) is 64.1 Å². The number of carbonyl (C=O) groups excluding carboxylic acids is 4. The van der Waals surface area contributed by atoms with Crippen molar-refractivity contribution in [2.75, 3.05) is 74.1 Å². The molecule has 2 fully saturated rings. The number of rotatable bonds is 23. The van der Waals surface area contributed by atoms with Gasteiger partial charge in [-0.1, -0.05) is 76.6 Å². The molecule has 15 heteroatoms. The summed E-state index contributed by atoms with van der Waals surface area (Å²) in [7, 11) is 6.88. The van der Waals surface area contributed by atoms with Gasteiger partial charge < -0.3 is 35.2 Å². The van der Waals surface area contributed by atoms with Crippen LogP contribution >= 0.6 is 11.3 Å². The molecular weight excluding hydrogens is 805 g/mol. The Balaban J connectivity index is 1.46. The summed E-state index contributed by atoms with van der Waals surface area (Å²) in [6.45, 7) is 19.7. The second kappa shape index (κ2) is 24.9. The summed E-state index contributed by atoms with van der Waals surface area (Å²) < 4.78 is 12.1. The van der Waals surface area contributed by atoms with Crippen molar-refractivity contribution in [3.63, 3.8) is 0 Å². The fraction of sp³-hybridized carbons (Fsp3) is 0.681. The fourth-order valence-corrected chi connectivity index (χ4v) is 9.86. The summed E-state index contributed by atoms with van der Waals surface area (Å²) in [5.41, 5.74) is 1.96. The van der Waals surface area contributed by atoms with Crippen molar-refractivity contribution in [1.29, 1.82) is 0 Å². The molecule has 2 aromatic rings. The number of nitrogens with zero attached hydrogens (tertiary/aromatic N) is 5. The number of thiazole rings is 1. The maximum atomic E-state index is 14.6. The maximum Gasteiger partial charge on any atom is 0.245 e. The number of carbonyl (C=O) groups is 4. The third-order valence-corrected chi connectivity index (χ3v) is 13.7. The van der Waals surface area contributed by atoms with E-state index in [-0.39, 0.29) is 54.0 Å². The zero-order chi connectivity index (χ0) is 45.5. The number of ether oxygens (including phenoxy) is 2. The van der Waals surface area contributed by atoms with Crippen LogP contribution in [0.4, 0.5) is 0 Å². The van der Waals surface area contributed by atoms with E-state index >= 15 is 0 Å². The number of amides is 4. The van der Waals surface area contributed by atoms with Gasteiger partial charge in [-0.25, -0.2) is 4.98 Å². The first-order valence-corrected chi connectivity index (χ1v) is 23.4. The topological polar surface area (TPSA) is 149 Å². The molecule has 4 rings (SSSR count). The lowest BCUT2D eigenvalue weighted by Crippen LogP contribution is -2.59. The average Bonchev–Trinajstić information content (AvgIpc) is 3.99. The van der Waals surface area contributed by atoms with E-state index in [0.29, 0.717) is 19.4 Å². The molecule has 8 atom stereocenters. The number of hydrogen-bond acceptors (Lipinski definition) is 11. The molecule has 1 aromatic carbocycles. The minimum Gasteiger partial charge on any atom is -0.378 e. The first-order valence-electron chi connectivity index (χ1n) is 22.5. The van der Waals surface area contributed by atoms with Gasteiger partial charge in [-0.2, -0.15) is 0 Å². The highest BCUT2D eigenvalue weighted by Crippen LogP contribution is 2.30. The lowest BCUT2D eigenvalue weighted by molar-refractivity contribution is -0.145. The van der Waals surface area contributed by atoms with Gasteiger partial charge in [0.05, 0.1) is 48.7 Å². The van der Waals surface area contributed by atoms with E-state index in [1.807, 2.05) is 102 Å². The number of benzene rings is 1. The molecule has 2 aliphatic heterocycles. The van der Waals surface area contributed by atoms with Gasteiger partial charge in [0.25, 0.3) is 0 Å². The highest BCUT2D eigenvalue weighted by Gasteiger charge is 2.43. The van der Waals surface area contributed by atoms with Crippen molar-refractivity contribution in [1.82, 2.24) is 40.5 Å². The van der Waals surface area contributed by atoms with Crippen LogP contribution in [0.2, 0.25) is 0 Å². The second-order valence-corrected chi connectivity index (χ2v) is 18.7. The number of piperazine rings is 1. The zero-order valence-electron chi connectivity index (χ0n) is 39.3. The van der Waals surface area contributed by atoms with Gasteiger partial charge in [-0.3, -0.25) is 29.0 Å². The van der Waals surface area contributed by atoms with Crippen LogP contribution < -0.4 is 16.0 Å². The number of allylic oxidation sites excluding steroid dienone is 1. The van der Waals surface area contributed by atoms with Gasteiger partial charge in [-0.05, 0) is 57.6 Å². The Morgan fingerprint density at radius 2 is 1.65 bits per heavy atom. The van der Waals surface area contributed by atoms with E-state index in [9.17, 15) is 19.2 Å². The number of methoxy groups -OCH3 is 2. The summed E-state index contributed by atoms with van der Waals surface area (Å²) in [4.78, 5) is 69.5. The Morgan fingerprint density at radius 1 is 0.952 bits per heavy atom. The van der Waals surface area contributed by atoms with Crippen LogP contribution in [0.5, 0.6) is 0 Å². The van der Waals surface area contributed by atoms with Crippen LogP contribution in [0.1, 0.15) is 84.3 Å². The molecule has 3 N–H and O–H groups in total. The van der Waals surface area contributed by atoms with Crippen LogP contribution in [-0.2, 0) is 35.1 Å². The standard InChI is InChI=1S/C47H76N8O6S/c1-12-33(6)42(53(9)47(59)40(31(2)3)51-45(58)41(32(4)5)52(8)26-27-54-24-20-48-21-25-54)38(60-10)30-39(56)55-23-16-19-37(55)43(61-11)34(7)44(57)50-36(46-49-22-28-62-46)29-35-17-14-13-15-18-35/h12-15,17-18,22,28,31-32,34,36-38,40-43,48H,16,19-21,23-27,29-30H2,1-11H3,(H,50,57)(H,51,58)/b33-12-/t34-,36+,37+,38-,40+,41+,42+,43-/m1/s1. The summed E-state index contributed by atoms with van der Waals surface area (Å²) in [5.74, 6) is -1.47. The Hall–Kier alpha value is -3.73. The number of hydrogen-bond donors (Lipinski definition) is 3. The van der Waals surface area contributed by atoms with Crippen molar-refractivity contribution >= 4 is 35.0 Å². The summed E-state index contributed by atoms with van der Waals surface area (Å²) in [5, 5.41) is 12.5. The molecule has 0 saturated carbocycles. The molecular formula is C47H76N8O6S. The van der Waals surface area contributed by atoms with Gasteiger partial charge in [0, 0.05) is 78.7 Å². The molecule has 3 heterocycles. The Morgan fingerprint density at radius 3 is 2.23 bits per heavy atom. The fourth-order valence-electron chi connectivity index (χ4n) is 9.17. The SMILES string of the molecule is C/C=C(/C)[C@@H]([C@@H](CC(=O)N1CCC[C@H]1[C@H](OC)[C@@H](C)C(=O)N[C@@H](Cc1ccccc1)c1nccs1)OC)N(C)C(=O)[C@@H](NC(=O)[C@H](C(C)C)N(C)CCN1CCNCC1)C(C)C. The van der Waals surface area contributed by atoms with Gasteiger partial charge >= 0.3 is 0 Å². The van der Waals surface area contributed by atoms with Crippen molar-refractivity contribution in [2.45, 2.75) is 117 Å². The first-order chi connectivity index (χ1) is 29.6. The largest absolute Gasteiger partial charge is 0.378 e. The third-order valence-electron chi connectivity index (χ3n) is 12.8. The summed E-state index contributed by atoms with van der Waals surface area (Å²) >= 11 is 1.51. The van der Waals surface area contributed by atoms with Crippen molar-refractivity contribution in [3.8, 4) is 0 Å². The second-order valence-electron chi connectivity index (χ2n) is 17.8. The highest BCUT2D eigenvalue weighted by atomic mass is 32.1. The molecule has 0 unspecified atom stereocenters. The Labute approximate surface area is 375 Å². The molecule has 346 valence electrons. The van der Waals surface area contributed by atoms with E-state index in [0.717, 1.165) is 61.8 Å². The molecule has 0 bridgehead atoms. The van der Waals surface area contributed by atoms with Gasteiger partial charge in [-0.15, -0.1) is 11.3 Å². The minimum absolute atomic E-state index is 0.00663. The molecule has 0 radical (unpaired) electrons. The van der Waals surface area contributed by atoms with Gasteiger partial charge in [0.15, 0.2) is 0 Å². The van der Waals surface area contributed by atoms with Crippen LogP contribution in [0, 0.1) is 17.8 Å². The molecule has 2 saturated heterocycles. The lowest BCUT2D eigenvalue weighted by Gasteiger charge is -2.39. The monoisotopic (exact) mass is 881 g/mol. The zero-order valence-corrected chi connectivity index (χ0v) is 40.1. The van der Waals surface area contributed by atoms with Crippen molar-refractivity contribution in [2.24, 2.45) is 17.8 Å². The predicted octanol–water partition coefficient (Wildman–Crippen LogP) is 4.39. The molecule has 4 amide bonds. The predicted molar refractivity (Wildman–Crippen MR) is 247 cm³/mol. The molecule has 0 aliphatic carbocycles. The Bertz CT molecular complexity index is 1720. The van der Waals surface area contributed by atoms with Crippen LogP contribution in [0.3, 0.4) is 0 Å².